The zero-order valence-electron chi connectivity index (χ0n) is 7.75. The van der Waals surface area contributed by atoms with Crippen molar-refractivity contribution in [3.8, 4) is 0 Å². The van der Waals surface area contributed by atoms with Crippen LogP contribution in [0.2, 0.25) is 0 Å². The molecule has 1 atom stereocenters. The first-order chi connectivity index (χ1) is 5.75. The third-order valence-corrected chi connectivity index (χ3v) is 3.01. The first-order valence-electron chi connectivity index (χ1n) is 4.97. The molecule has 1 saturated carbocycles. The van der Waals surface area contributed by atoms with Gasteiger partial charge in [0.25, 0.3) is 0 Å². The lowest BCUT2D eigenvalue weighted by molar-refractivity contribution is -0.121. The van der Waals surface area contributed by atoms with Crippen LogP contribution < -0.4 is 0 Å². The molecule has 0 aromatic carbocycles. The predicted octanol–water partition coefficient (Wildman–Crippen LogP) is 1.31. The van der Waals surface area contributed by atoms with Gasteiger partial charge in [-0.1, -0.05) is 0 Å². The summed E-state index contributed by atoms with van der Waals surface area (Å²) in [7, 11) is 2.14. The van der Waals surface area contributed by atoms with Crippen molar-refractivity contribution in [2.45, 2.75) is 25.7 Å². The first kappa shape index (κ1) is 8.24. The van der Waals surface area contributed by atoms with E-state index in [1.54, 1.807) is 0 Å². The second-order valence-electron chi connectivity index (χ2n) is 4.36. The summed E-state index contributed by atoms with van der Waals surface area (Å²) in [5.41, 5.74) is 0. The van der Waals surface area contributed by atoms with E-state index < -0.39 is 0 Å². The Balaban J connectivity index is 1.75. The molecule has 1 heterocycles. The standard InChI is InChI=1S/C10H17NO/c1-11-5-4-8(7-11)6-10(12)9-2-3-9/h8-9H,2-7H2,1H3. The van der Waals surface area contributed by atoms with Crippen molar-refractivity contribution in [2.24, 2.45) is 11.8 Å². The highest BCUT2D eigenvalue weighted by atomic mass is 16.1. The Bertz CT molecular complexity index is 186. The van der Waals surface area contributed by atoms with Gasteiger partial charge in [0.1, 0.15) is 5.78 Å². The van der Waals surface area contributed by atoms with E-state index in [1.165, 1.54) is 25.8 Å². The Morgan fingerprint density at radius 2 is 2.17 bits per heavy atom. The zero-order chi connectivity index (χ0) is 8.55. The molecule has 68 valence electrons. The lowest BCUT2D eigenvalue weighted by Crippen LogP contribution is -2.16. The molecule has 0 aromatic rings. The van der Waals surface area contributed by atoms with Gasteiger partial charge in [-0.3, -0.25) is 4.79 Å². The molecule has 0 spiro atoms. The largest absolute Gasteiger partial charge is 0.306 e. The molecule has 1 unspecified atom stereocenters. The fourth-order valence-electron chi connectivity index (χ4n) is 2.05. The van der Waals surface area contributed by atoms with Gasteiger partial charge in [0.2, 0.25) is 0 Å². The van der Waals surface area contributed by atoms with E-state index in [2.05, 4.69) is 11.9 Å². The second-order valence-corrected chi connectivity index (χ2v) is 4.36. The van der Waals surface area contributed by atoms with Crippen LogP contribution in [0.25, 0.3) is 0 Å². The van der Waals surface area contributed by atoms with Crippen molar-refractivity contribution in [2.75, 3.05) is 20.1 Å². The Morgan fingerprint density at radius 3 is 2.67 bits per heavy atom. The van der Waals surface area contributed by atoms with Crippen LogP contribution in [-0.4, -0.2) is 30.8 Å². The molecule has 0 amide bonds. The third-order valence-electron chi connectivity index (χ3n) is 3.01. The van der Waals surface area contributed by atoms with E-state index in [9.17, 15) is 4.79 Å². The first-order valence-corrected chi connectivity index (χ1v) is 4.97. The predicted molar refractivity (Wildman–Crippen MR) is 48.0 cm³/mol. The third kappa shape index (κ3) is 1.86. The summed E-state index contributed by atoms with van der Waals surface area (Å²) < 4.78 is 0. The SMILES string of the molecule is CN1CCC(CC(=O)C2CC2)C1. The Hall–Kier alpha value is -0.370. The molecule has 0 N–H and O–H groups in total. The molecule has 2 nitrogen and oxygen atoms in total. The molecule has 2 heteroatoms. The molecule has 12 heavy (non-hydrogen) atoms. The summed E-state index contributed by atoms with van der Waals surface area (Å²) in [6.45, 7) is 2.32. The second kappa shape index (κ2) is 3.17. The fourth-order valence-corrected chi connectivity index (χ4v) is 2.05. The highest BCUT2D eigenvalue weighted by molar-refractivity contribution is 5.83. The minimum atomic E-state index is 0.468. The van der Waals surface area contributed by atoms with E-state index in [4.69, 9.17) is 0 Å². The lowest BCUT2D eigenvalue weighted by Gasteiger charge is -2.08. The van der Waals surface area contributed by atoms with E-state index in [0.717, 1.165) is 13.0 Å². The van der Waals surface area contributed by atoms with Gasteiger partial charge >= 0.3 is 0 Å². The van der Waals surface area contributed by atoms with E-state index in [1.807, 2.05) is 0 Å². The van der Waals surface area contributed by atoms with Crippen molar-refractivity contribution < 1.29 is 4.79 Å². The van der Waals surface area contributed by atoms with Gasteiger partial charge in [-0.25, -0.2) is 0 Å². The van der Waals surface area contributed by atoms with Gasteiger partial charge in [0.15, 0.2) is 0 Å². The van der Waals surface area contributed by atoms with Crippen LogP contribution in [-0.2, 0) is 4.79 Å². The monoisotopic (exact) mass is 167 g/mol. The molecule has 1 aliphatic heterocycles. The number of ketones is 1. The minimum absolute atomic E-state index is 0.468. The van der Waals surface area contributed by atoms with Gasteiger partial charge in [0, 0.05) is 18.9 Å². The quantitative estimate of drug-likeness (QED) is 0.631. The molecule has 1 aliphatic carbocycles. The van der Waals surface area contributed by atoms with Crippen LogP contribution in [0.15, 0.2) is 0 Å². The van der Waals surface area contributed by atoms with E-state index in [0.29, 0.717) is 17.6 Å². The number of carbonyl (C=O) groups is 1. The maximum atomic E-state index is 11.4. The average molecular weight is 167 g/mol. The number of hydrogen-bond acceptors (Lipinski definition) is 2. The number of nitrogens with zero attached hydrogens (tertiary/aromatic N) is 1. The van der Waals surface area contributed by atoms with Gasteiger partial charge < -0.3 is 4.90 Å². The van der Waals surface area contributed by atoms with Gasteiger partial charge in [-0.05, 0) is 38.8 Å². The number of Topliss-reactive ketones (excluding diaryl/α,β-unsaturated/α-hetero) is 1. The highest BCUT2D eigenvalue weighted by Crippen LogP contribution is 2.33. The summed E-state index contributed by atoms with van der Waals surface area (Å²) in [5, 5.41) is 0. The average Bonchev–Trinajstić information content (AvgIpc) is 2.78. The summed E-state index contributed by atoms with van der Waals surface area (Å²) >= 11 is 0. The van der Waals surface area contributed by atoms with Crippen molar-refractivity contribution in [3.63, 3.8) is 0 Å². The van der Waals surface area contributed by atoms with Crippen molar-refractivity contribution in [1.29, 1.82) is 0 Å². The zero-order valence-corrected chi connectivity index (χ0v) is 7.75. The Labute approximate surface area is 73.9 Å². The van der Waals surface area contributed by atoms with Crippen LogP contribution in [0.1, 0.15) is 25.7 Å². The number of hydrogen-bond donors (Lipinski definition) is 0. The normalized spacial score (nSPS) is 30.9. The topological polar surface area (TPSA) is 20.3 Å². The molecule has 0 aromatic heterocycles. The molecule has 1 saturated heterocycles. The van der Waals surface area contributed by atoms with Crippen LogP contribution >= 0.6 is 0 Å². The molecule has 2 fully saturated rings. The Kier molecular flexibility index (Phi) is 2.18. The maximum absolute atomic E-state index is 11.4. The van der Waals surface area contributed by atoms with Crippen molar-refractivity contribution in [1.82, 2.24) is 4.90 Å². The summed E-state index contributed by atoms with van der Waals surface area (Å²) in [6.07, 6.45) is 4.42. The number of likely N-dealkylation sites (tertiary alicyclic amines) is 1. The highest BCUT2D eigenvalue weighted by Gasteiger charge is 2.32. The van der Waals surface area contributed by atoms with Crippen molar-refractivity contribution >= 4 is 5.78 Å². The van der Waals surface area contributed by atoms with Gasteiger partial charge in [0.05, 0.1) is 0 Å². The molecule has 0 bridgehead atoms. The van der Waals surface area contributed by atoms with Gasteiger partial charge in [-0.15, -0.1) is 0 Å². The molecular formula is C10H17NO. The summed E-state index contributed by atoms with van der Waals surface area (Å²) in [5.74, 6) is 1.68. The molecule has 2 aliphatic rings. The smallest absolute Gasteiger partial charge is 0.136 e. The molecular weight excluding hydrogens is 150 g/mol. The Morgan fingerprint density at radius 1 is 1.42 bits per heavy atom. The van der Waals surface area contributed by atoms with Crippen LogP contribution in [0.4, 0.5) is 0 Å². The van der Waals surface area contributed by atoms with Gasteiger partial charge in [-0.2, -0.15) is 0 Å². The van der Waals surface area contributed by atoms with E-state index >= 15 is 0 Å². The van der Waals surface area contributed by atoms with Crippen molar-refractivity contribution in [3.05, 3.63) is 0 Å². The molecule has 2 rings (SSSR count). The number of carbonyl (C=O) groups excluding carboxylic acids is 1. The fraction of sp³-hybridized carbons (Fsp3) is 0.900. The number of rotatable bonds is 3. The minimum Gasteiger partial charge on any atom is -0.306 e. The van der Waals surface area contributed by atoms with Crippen LogP contribution in [0.5, 0.6) is 0 Å². The lowest BCUT2D eigenvalue weighted by atomic mass is 10.00. The summed E-state index contributed by atoms with van der Waals surface area (Å²) in [6, 6.07) is 0. The molecule has 0 radical (unpaired) electrons. The van der Waals surface area contributed by atoms with Crippen LogP contribution in [0.3, 0.4) is 0 Å². The maximum Gasteiger partial charge on any atom is 0.136 e. The summed E-state index contributed by atoms with van der Waals surface area (Å²) in [4.78, 5) is 13.8. The van der Waals surface area contributed by atoms with E-state index in [-0.39, 0.29) is 0 Å². The van der Waals surface area contributed by atoms with Crippen LogP contribution in [0, 0.1) is 11.8 Å².